The fourth-order valence-corrected chi connectivity index (χ4v) is 3.89. The molecule has 0 bridgehead atoms. The maximum Gasteiger partial charge on any atom is 0.318 e. The molecule has 1 aliphatic heterocycles. The van der Waals surface area contributed by atoms with Gasteiger partial charge in [-0.3, -0.25) is 4.79 Å². The van der Waals surface area contributed by atoms with E-state index in [1.54, 1.807) is 12.0 Å². The molecule has 3 rings (SSSR count). The number of nitrogens with zero attached hydrogens (tertiary/aromatic N) is 5. The lowest BCUT2D eigenvalue weighted by atomic mass is 10.1. The van der Waals surface area contributed by atoms with E-state index in [4.69, 9.17) is 4.74 Å². The van der Waals surface area contributed by atoms with Crippen LogP contribution in [0.25, 0.3) is 11.3 Å². The molecule has 0 spiro atoms. The van der Waals surface area contributed by atoms with Crippen LogP contribution >= 0.6 is 0 Å². The van der Waals surface area contributed by atoms with Crippen LogP contribution in [0.1, 0.15) is 33.6 Å². The number of hydrogen-bond donors (Lipinski definition) is 1. The van der Waals surface area contributed by atoms with Crippen LogP contribution in [0.15, 0.2) is 36.4 Å². The van der Waals surface area contributed by atoms with Crippen LogP contribution in [0.4, 0.5) is 10.6 Å². The third kappa shape index (κ3) is 6.59. The molecule has 1 aromatic carbocycles. The second kappa shape index (κ2) is 12.2. The standard InChI is InChI=1S/C25H36N6O3/c1-5-12-26-25(33)31(19(2)3)18-24(32)30-14-7-13-29(15-16-30)23-11-10-22(27-28-23)20-8-6-9-21(17-20)34-4/h6,8-11,17,19H,5,7,12-16,18H2,1-4H3,(H,26,33). The van der Waals surface area contributed by atoms with Gasteiger partial charge in [-0.1, -0.05) is 19.1 Å². The lowest BCUT2D eigenvalue weighted by Crippen LogP contribution is -2.50. The van der Waals surface area contributed by atoms with Crippen LogP contribution in [0.5, 0.6) is 5.75 Å². The fraction of sp³-hybridized carbons (Fsp3) is 0.520. The Morgan fingerprint density at radius 3 is 2.62 bits per heavy atom. The second-order valence-electron chi connectivity index (χ2n) is 8.68. The van der Waals surface area contributed by atoms with Gasteiger partial charge in [-0.25, -0.2) is 4.79 Å². The van der Waals surface area contributed by atoms with Crippen LogP contribution in [0.2, 0.25) is 0 Å². The summed E-state index contributed by atoms with van der Waals surface area (Å²) in [6.07, 6.45) is 1.69. The molecule has 1 fully saturated rings. The topological polar surface area (TPSA) is 90.9 Å². The number of amides is 3. The SMILES string of the molecule is CCCNC(=O)N(CC(=O)N1CCCN(c2ccc(-c3cccc(OC)c3)nn2)CC1)C(C)C. The number of methoxy groups -OCH3 is 1. The second-order valence-corrected chi connectivity index (χ2v) is 8.68. The number of urea groups is 1. The minimum atomic E-state index is -0.187. The van der Waals surface area contributed by atoms with Gasteiger partial charge < -0.3 is 24.8 Å². The van der Waals surface area contributed by atoms with Gasteiger partial charge in [0.1, 0.15) is 12.3 Å². The van der Waals surface area contributed by atoms with E-state index in [-0.39, 0.29) is 24.5 Å². The molecule has 9 nitrogen and oxygen atoms in total. The van der Waals surface area contributed by atoms with Crippen molar-refractivity contribution in [3.05, 3.63) is 36.4 Å². The zero-order valence-corrected chi connectivity index (χ0v) is 20.7. The third-order valence-electron chi connectivity index (χ3n) is 5.90. The highest BCUT2D eigenvalue weighted by Gasteiger charge is 2.25. The average molecular weight is 469 g/mol. The maximum atomic E-state index is 13.0. The maximum absolute atomic E-state index is 13.0. The first-order valence-electron chi connectivity index (χ1n) is 12.0. The third-order valence-corrected chi connectivity index (χ3v) is 5.90. The zero-order chi connectivity index (χ0) is 24.5. The monoisotopic (exact) mass is 468 g/mol. The van der Waals surface area contributed by atoms with E-state index >= 15 is 0 Å². The molecule has 1 N–H and O–H groups in total. The smallest absolute Gasteiger partial charge is 0.318 e. The molecule has 0 atom stereocenters. The predicted octanol–water partition coefficient (Wildman–Crippen LogP) is 3.02. The predicted molar refractivity (Wildman–Crippen MR) is 133 cm³/mol. The normalized spacial score (nSPS) is 14.0. The van der Waals surface area contributed by atoms with Gasteiger partial charge in [0.25, 0.3) is 0 Å². The summed E-state index contributed by atoms with van der Waals surface area (Å²) in [5, 5.41) is 11.7. The summed E-state index contributed by atoms with van der Waals surface area (Å²) in [4.78, 5) is 31.0. The highest BCUT2D eigenvalue weighted by molar-refractivity contribution is 5.84. The fourth-order valence-electron chi connectivity index (χ4n) is 3.89. The van der Waals surface area contributed by atoms with Crippen molar-refractivity contribution in [1.82, 2.24) is 25.3 Å². The van der Waals surface area contributed by atoms with Gasteiger partial charge in [-0.2, -0.15) is 0 Å². The number of hydrogen-bond acceptors (Lipinski definition) is 6. The van der Waals surface area contributed by atoms with Gasteiger partial charge >= 0.3 is 6.03 Å². The quantitative estimate of drug-likeness (QED) is 0.641. The Labute approximate surface area is 202 Å². The number of nitrogens with one attached hydrogen (secondary N) is 1. The average Bonchev–Trinajstić information content (AvgIpc) is 3.12. The zero-order valence-electron chi connectivity index (χ0n) is 20.7. The van der Waals surface area contributed by atoms with Crippen molar-refractivity contribution in [3.63, 3.8) is 0 Å². The van der Waals surface area contributed by atoms with E-state index in [9.17, 15) is 9.59 Å². The van der Waals surface area contributed by atoms with Crippen molar-refractivity contribution < 1.29 is 14.3 Å². The molecule has 2 aromatic rings. The summed E-state index contributed by atoms with van der Waals surface area (Å²) in [6.45, 7) is 9.26. The first-order valence-corrected chi connectivity index (χ1v) is 12.0. The number of benzene rings is 1. The minimum Gasteiger partial charge on any atom is -0.497 e. The molecule has 2 heterocycles. The van der Waals surface area contributed by atoms with E-state index in [2.05, 4.69) is 20.4 Å². The minimum absolute atomic E-state index is 0.0262. The van der Waals surface area contributed by atoms with Crippen molar-refractivity contribution in [2.24, 2.45) is 0 Å². The number of carbonyl (C=O) groups excluding carboxylic acids is 2. The first-order chi connectivity index (χ1) is 16.4. The molecule has 1 aromatic heterocycles. The van der Waals surface area contributed by atoms with Crippen LogP contribution in [0.3, 0.4) is 0 Å². The Morgan fingerprint density at radius 1 is 1.12 bits per heavy atom. The molecular weight excluding hydrogens is 432 g/mol. The van der Waals surface area contributed by atoms with Crippen molar-refractivity contribution in [3.8, 4) is 17.0 Å². The Bertz CT molecular complexity index is 950. The van der Waals surface area contributed by atoms with Crippen molar-refractivity contribution in [2.75, 3.05) is 51.3 Å². The number of carbonyl (C=O) groups is 2. The van der Waals surface area contributed by atoms with Gasteiger partial charge in [0.2, 0.25) is 5.91 Å². The highest BCUT2D eigenvalue weighted by atomic mass is 16.5. The van der Waals surface area contributed by atoms with Crippen molar-refractivity contribution in [2.45, 2.75) is 39.7 Å². The molecule has 0 radical (unpaired) electrons. The largest absolute Gasteiger partial charge is 0.497 e. The number of rotatable bonds is 8. The van der Waals surface area contributed by atoms with Gasteiger partial charge in [0.15, 0.2) is 5.82 Å². The summed E-state index contributed by atoms with van der Waals surface area (Å²) in [7, 11) is 1.64. The molecule has 184 valence electrons. The Morgan fingerprint density at radius 2 is 1.94 bits per heavy atom. The van der Waals surface area contributed by atoms with Crippen LogP contribution in [-0.4, -0.2) is 84.4 Å². The van der Waals surface area contributed by atoms with Crippen molar-refractivity contribution >= 4 is 17.8 Å². The van der Waals surface area contributed by atoms with Crippen LogP contribution in [0, 0.1) is 0 Å². The Kier molecular flexibility index (Phi) is 9.07. The van der Waals surface area contributed by atoms with Gasteiger partial charge in [-0.05, 0) is 51.0 Å². The first kappa shape index (κ1) is 25.3. The highest BCUT2D eigenvalue weighted by Crippen LogP contribution is 2.23. The molecule has 1 aliphatic rings. The van der Waals surface area contributed by atoms with E-state index in [0.717, 1.165) is 42.2 Å². The summed E-state index contributed by atoms with van der Waals surface area (Å²) in [5.74, 6) is 1.55. The molecule has 9 heteroatoms. The summed E-state index contributed by atoms with van der Waals surface area (Å²) < 4.78 is 5.29. The molecular formula is C25H36N6O3. The number of ether oxygens (including phenoxy) is 1. The molecule has 0 unspecified atom stereocenters. The van der Waals surface area contributed by atoms with E-state index < -0.39 is 0 Å². The summed E-state index contributed by atoms with van der Waals surface area (Å²) in [6, 6.07) is 11.4. The van der Waals surface area contributed by atoms with E-state index in [1.165, 1.54) is 0 Å². The molecule has 0 saturated carbocycles. The number of aromatic nitrogens is 2. The molecule has 0 aliphatic carbocycles. The van der Waals surface area contributed by atoms with Gasteiger partial charge in [-0.15, -0.1) is 10.2 Å². The molecule has 34 heavy (non-hydrogen) atoms. The molecule has 1 saturated heterocycles. The Hall–Kier alpha value is -3.36. The lowest BCUT2D eigenvalue weighted by Gasteiger charge is -2.29. The van der Waals surface area contributed by atoms with Crippen molar-refractivity contribution in [1.29, 1.82) is 0 Å². The summed E-state index contributed by atoms with van der Waals surface area (Å²) in [5.41, 5.74) is 1.73. The van der Waals surface area contributed by atoms with E-state index in [1.807, 2.05) is 62.1 Å². The summed E-state index contributed by atoms with van der Waals surface area (Å²) >= 11 is 0. The van der Waals surface area contributed by atoms with Gasteiger partial charge in [0.05, 0.1) is 12.8 Å². The molecule has 3 amide bonds. The Balaban J connectivity index is 1.60. The number of anilines is 1. The van der Waals surface area contributed by atoms with Crippen LogP contribution in [-0.2, 0) is 4.79 Å². The van der Waals surface area contributed by atoms with Gasteiger partial charge in [0, 0.05) is 44.3 Å². The lowest BCUT2D eigenvalue weighted by molar-refractivity contribution is -0.131. The van der Waals surface area contributed by atoms with E-state index in [0.29, 0.717) is 26.2 Å². The van der Waals surface area contributed by atoms with Crippen LogP contribution < -0.4 is 15.0 Å².